The molecule has 0 spiro atoms. The fraction of sp³-hybridized carbons (Fsp3) is 0.857. The third kappa shape index (κ3) is 41.9. The molecule has 2 atom stereocenters. The molecule has 58 heavy (non-hydrogen) atoms. The monoisotopic (exact) mass is 822 g/mol. The van der Waals surface area contributed by atoms with Crippen LogP contribution < -0.4 is 5.11 Å². The van der Waals surface area contributed by atoms with Crippen molar-refractivity contribution in [3.63, 3.8) is 0 Å². The number of aliphatic carboxylic acids is 1. The van der Waals surface area contributed by atoms with Crippen molar-refractivity contribution >= 4 is 17.9 Å². The zero-order valence-corrected chi connectivity index (χ0v) is 38.4. The number of esters is 2. The molecule has 0 heterocycles. The Hall–Kier alpha value is -2.23. The van der Waals surface area contributed by atoms with Crippen LogP contribution in [0.25, 0.3) is 0 Å². The van der Waals surface area contributed by atoms with Gasteiger partial charge in [-0.2, -0.15) is 0 Å². The number of nitrogens with zero attached hydrogens (tertiary/aromatic N) is 1. The van der Waals surface area contributed by atoms with Crippen LogP contribution in [0.5, 0.6) is 0 Å². The summed E-state index contributed by atoms with van der Waals surface area (Å²) in [5, 5.41) is 11.7. The van der Waals surface area contributed by atoms with Crippen LogP contribution in [0.3, 0.4) is 0 Å². The Morgan fingerprint density at radius 2 is 0.931 bits per heavy atom. The lowest BCUT2D eigenvalue weighted by molar-refractivity contribution is -0.870. The summed E-state index contributed by atoms with van der Waals surface area (Å²) in [5.41, 5.74) is 0. The maximum atomic E-state index is 12.8. The molecule has 0 radical (unpaired) electrons. The summed E-state index contributed by atoms with van der Waals surface area (Å²) in [6.45, 7) is 4.73. The van der Waals surface area contributed by atoms with Gasteiger partial charge < -0.3 is 33.3 Å². The molecule has 0 aromatic carbocycles. The van der Waals surface area contributed by atoms with E-state index in [1.54, 1.807) is 0 Å². The van der Waals surface area contributed by atoms with Crippen LogP contribution in [0.15, 0.2) is 24.3 Å². The molecule has 340 valence electrons. The predicted molar refractivity (Wildman–Crippen MR) is 237 cm³/mol. The summed E-state index contributed by atoms with van der Waals surface area (Å²) in [4.78, 5) is 37.0. The van der Waals surface area contributed by atoms with Gasteiger partial charge in [-0.25, -0.2) is 0 Å². The average molecular weight is 822 g/mol. The number of carboxylic acid groups (broad SMARTS) is 1. The number of carbonyl (C=O) groups is 3. The van der Waals surface area contributed by atoms with E-state index in [2.05, 4.69) is 38.2 Å². The van der Waals surface area contributed by atoms with Crippen LogP contribution in [-0.4, -0.2) is 82.3 Å². The third-order valence-electron chi connectivity index (χ3n) is 10.5. The smallest absolute Gasteiger partial charge is 0.306 e. The standard InChI is InChI=1S/C49H91NO8/c1-6-8-10-12-14-16-18-20-22-23-24-26-28-30-32-34-36-38-40-47(52)58-45(44-57-49(48(53)54)55-42-41-50(3,4)5)43-56-46(51)39-37-35-33-31-29-27-25-21-19-17-15-13-11-9-7-2/h16,18,22-23,45,49H,6-15,17,19-21,24-44H2,1-5H3/b18-16-,23-22-. The molecule has 9 heteroatoms. The van der Waals surface area contributed by atoms with Crippen molar-refractivity contribution < 1.29 is 42.9 Å². The number of quaternary nitrogens is 1. The molecule has 0 rings (SSSR count). The number of carboxylic acids is 1. The first-order valence-electron chi connectivity index (χ1n) is 24.0. The minimum Gasteiger partial charge on any atom is -0.545 e. The largest absolute Gasteiger partial charge is 0.545 e. The minimum absolute atomic E-state index is 0.148. The second-order valence-corrected chi connectivity index (χ2v) is 17.4. The van der Waals surface area contributed by atoms with Crippen molar-refractivity contribution in [2.75, 3.05) is 47.5 Å². The number of carbonyl (C=O) groups excluding carboxylic acids is 3. The maximum absolute atomic E-state index is 12.8. The van der Waals surface area contributed by atoms with Gasteiger partial charge >= 0.3 is 11.9 Å². The molecule has 0 aliphatic heterocycles. The van der Waals surface area contributed by atoms with Gasteiger partial charge in [0.15, 0.2) is 12.4 Å². The zero-order chi connectivity index (χ0) is 42.8. The van der Waals surface area contributed by atoms with Crippen LogP contribution in [0.4, 0.5) is 0 Å². The van der Waals surface area contributed by atoms with Crippen LogP contribution in [0, 0.1) is 0 Å². The molecule has 0 aliphatic carbocycles. The highest BCUT2D eigenvalue weighted by Gasteiger charge is 2.21. The van der Waals surface area contributed by atoms with Gasteiger partial charge in [0, 0.05) is 12.8 Å². The van der Waals surface area contributed by atoms with Crippen molar-refractivity contribution in [3.05, 3.63) is 24.3 Å². The SMILES string of the molecule is CCCCCC/C=C\C/C=C\CCCCCCCCCC(=O)OC(COC(=O)CCCCCCCCCCCCCCCCC)COC(OCC[N+](C)(C)C)C(=O)[O-]. The number of unbranched alkanes of at least 4 members (excludes halogenated alkanes) is 25. The highest BCUT2D eigenvalue weighted by atomic mass is 16.7. The van der Waals surface area contributed by atoms with Crippen molar-refractivity contribution in [2.24, 2.45) is 0 Å². The molecule has 0 aromatic heterocycles. The molecule has 9 nitrogen and oxygen atoms in total. The lowest BCUT2D eigenvalue weighted by Crippen LogP contribution is -2.44. The quantitative estimate of drug-likeness (QED) is 0.0196. The molecule has 0 saturated carbocycles. The van der Waals surface area contributed by atoms with Gasteiger partial charge in [0.25, 0.3) is 0 Å². The Labute approximate surface area is 357 Å². The first kappa shape index (κ1) is 55.8. The molecule has 0 saturated heterocycles. The van der Waals surface area contributed by atoms with Crippen molar-refractivity contribution in [1.29, 1.82) is 0 Å². The summed E-state index contributed by atoms with van der Waals surface area (Å²) in [6, 6.07) is 0. The Bertz CT molecular complexity index is 1010. The molecule has 0 N–H and O–H groups in total. The van der Waals surface area contributed by atoms with Gasteiger partial charge in [0.05, 0.1) is 40.3 Å². The van der Waals surface area contributed by atoms with Crippen LogP contribution in [0.2, 0.25) is 0 Å². The highest BCUT2D eigenvalue weighted by Crippen LogP contribution is 2.15. The number of hydrogen-bond donors (Lipinski definition) is 0. The lowest BCUT2D eigenvalue weighted by Gasteiger charge is -2.26. The van der Waals surface area contributed by atoms with Gasteiger partial charge in [-0.3, -0.25) is 9.59 Å². The summed E-state index contributed by atoms with van der Waals surface area (Å²) in [7, 11) is 5.91. The van der Waals surface area contributed by atoms with E-state index in [9.17, 15) is 19.5 Å². The second-order valence-electron chi connectivity index (χ2n) is 17.4. The van der Waals surface area contributed by atoms with E-state index in [-0.39, 0.29) is 32.2 Å². The molecule has 0 aromatic rings. The summed E-state index contributed by atoms with van der Waals surface area (Å²) in [5.74, 6) is -2.28. The van der Waals surface area contributed by atoms with Gasteiger partial charge in [0.1, 0.15) is 13.2 Å². The fourth-order valence-electron chi connectivity index (χ4n) is 6.68. The topological polar surface area (TPSA) is 111 Å². The second kappa shape index (κ2) is 41.5. The fourth-order valence-corrected chi connectivity index (χ4v) is 6.68. The molecule has 0 amide bonds. The van der Waals surface area contributed by atoms with Gasteiger partial charge in [-0.15, -0.1) is 0 Å². The van der Waals surface area contributed by atoms with Crippen LogP contribution in [0.1, 0.15) is 213 Å². The Kier molecular flexibility index (Phi) is 39.9. The Morgan fingerprint density at radius 3 is 1.38 bits per heavy atom. The first-order chi connectivity index (χ1) is 28.1. The number of hydrogen-bond acceptors (Lipinski definition) is 8. The van der Waals surface area contributed by atoms with E-state index in [0.717, 1.165) is 51.4 Å². The zero-order valence-electron chi connectivity index (χ0n) is 38.4. The number of ether oxygens (including phenoxy) is 4. The van der Waals surface area contributed by atoms with E-state index in [1.807, 2.05) is 21.1 Å². The first-order valence-corrected chi connectivity index (χ1v) is 24.0. The van der Waals surface area contributed by atoms with Crippen LogP contribution in [-0.2, 0) is 33.3 Å². The Morgan fingerprint density at radius 1 is 0.517 bits per heavy atom. The summed E-state index contributed by atoms with van der Waals surface area (Å²) in [6.07, 6.45) is 42.0. The van der Waals surface area contributed by atoms with E-state index in [0.29, 0.717) is 23.9 Å². The van der Waals surface area contributed by atoms with E-state index in [4.69, 9.17) is 18.9 Å². The number of likely N-dealkylation sites (N-methyl/N-ethyl adjacent to an activating group) is 1. The van der Waals surface area contributed by atoms with Crippen LogP contribution >= 0.6 is 0 Å². The highest BCUT2D eigenvalue weighted by molar-refractivity contribution is 5.70. The third-order valence-corrected chi connectivity index (χ3v) is 10.5. The van der Waals surface area contributed by atoms with Crippen molar-refractivity contribution in [1.82, 2.24) is 0 Å². The molecule has 0 fully saturated rings. The summed E-state index contributed by atoms with van der Waals surface area (Å²) < 4.78 is 22.6. The molecule has 0 bridgehead atoms. The summed E-state index contributed by atoms with van der Waals surface area (Å²) >= 11 is 0. The Balaban J connectivity index is 4.39. The van der Waals surface area contributed by atoms with E-state index in [1.165, 1.54) is 128 Å². The van der Waals surface area contributed by atoms with Gasteiger partial charge in [-0.05, 0) is 44.9 Å². The molecule has 0 aliphatic rings. The van der Waals surface area contributed by atoms with Crippen molar-refractivity contribution in [2.45, 2.75) is 225 Å². The van der Waals surface area contributed by atoms with E-state index >= 15 is 0 Å². The minimum atomic E-state index is -1.62. The molecular formula is C49H91NO8. The number of allylic oxidation sites excluding steroid dienone is 4. The van der Waals surface area contributed by atoms with E-state index < -0.39 is 24.3 Å². The lowest BCUT2D eigenvalue weighted by atomic mass is 10.0. The van der Waals surface area contributed by atoms with Crippen molar-refractivity contribution in [3.8, 4) is 0 Å². The van der Waals surface area contributed by atoms with Gasteiger partial charge in [-0.1, -0.05) is 179 Å². The molecule has 2 unspecified atom stereocenters. The molecular weight excluding hydrogens is 731 g/mol. The maximum Gasteiger partial charge on any atom is 0.306 e. The predicted octanol–water partition coefficient (Wildman–Crippen LogP) is 11.5. The van der Waals surface area contributed by atoms with Gasteiger partial charge in [0.2, 0.25) is 0 Å². The average Bonchev–Trinajstić information content (AvgIpc) is 3.18. The number of rotatable bonds is 44. The normalized spacial score (nSPS) is 13.1.